The van der Waals surface area contributed by atoms with Crippen LogP contribution >= 0.6 is 11.6 Å². The molecule has 1 fully saturated rings. The van der Waals surface area contributed by atoms with Gasteiger partial charge in [-0.1, -0.05) is 11.6 Å². The Kier molecular flexibility index (Phi) is 3.33. The van der Waals surface area contributed by atoms with E-state index in [1.807, 2.05) is 23.9 Å². The molecule has 3 rings (SSSR count). The molecule has 0 aromatic carbocycles. The number of fused-ring (bicyclic) bond motifs is 1. The number of aromatic nitrogens is 3. The first kappa shape index (κ1) is 12.7. The normalized spacial score (nSPS) is 20.9. The molecule has 19 heavy (non-hydrogen) atoms. The Hall–Kier alpha value is -1.33. The van der Waals surface area contributed by atoms with E-state index >= 15 is 0 Å². The molecule has 0 unspecified atom stereocenters. The summed E-state index contributed by atoms with van der Waals surface area (Å²) < 4.78 is 1.98. The average molecular weight is 280 g/mol. The van der Waals surface area contributed by atoms with Crippen molar-refractivity contribution in [2.75, 3.05) is 25.5 Å². The van der Waals surface area contributed by atoms with Crippen LogP contribution in [-0.2, 0) is 7.05 Å². The fourth-order valence-corrected chi connectivity index (χ4v) is 3.03. The Morgan fingerprint density at radius 1 is 1.37 bits per heavy atom. The van der Waals surface area contributed by atoms with Crippen molar-refractivity contribution in [2.24, 2.45) is 7.05 Å². The van der Waals surface area contributed by atoms with Gasteiger partial charge in [-0.3, -0.25) is 0 Å². The highest BCUT2D eigenvalue weighted by Gasteiger charge is 2.19. The first-order valence-electron chi connectivity index (χ1n) is 6.57. The fraction of sp³-hybridized carbons (Fsp3) is 0.538. The summed E-state index contributed by atoms with van der Waals surface area (Å²) in [5, 5.41) is 13.3. The molecule has 1 saturated heterocycles. The molecule has 0 amide bonds. The minimum absolute atomic E-state index is 0.428. The number of likely N-dealkylation sites (N-methyl/N-ethyl adjacent to an activating group) is 1. The van der Waals surface area contributed by atoms with Crippen molar-refractivity contribution >= 4 is 28.3 Å². The number of nitrogens with one attached hydrogen (secondary N) is 1. The second kappa shape index (κ2) is 4.98. The van der Waals surface area contributed by atoms with Gasteiger partial charge < -0.3 is 14.8 Å². The third-order valence-electron chi connectivity index (χ3n) is 3.73. The summed E-state index contributed by atoms with van der Waals surface area (Å²) in [6.07, 6.45) is 4.37. The minimum Gasteiger partial charge on any atom is -0.364 e. The third-order valence-corrected chi connectivity index (χ3v) is 3.98. The molecule has 0 aliphatic carbocycles. The molecule has 5 nitrogen and oxygen atoms in total. The van der Waals surface area contributed by atoms with Crippen LogP contribution in [0.3, 0.4) is 0 Å². The summed E-state index contributed by atoms with van der Waals surface area (Å²) >= 11 is 6.11. The van der Waals surface area contributed by atoms with E-state index in [0.29, 0.717) is 11.2 Å². The van der Waals surface area contributed by atoms with Crippen LogP contribution in [0.15, 0.2) is 12.3 Å². The van der Waals surface area contributed by atoms with Gasteiger partial charge in [-0.25, -0.2) is 0 Å². The van der Waals surface area contributed by atoms with Crippen molar-refractivity contribution in [1.82, 2.24) is 19.7 Å². The van der Waals surface area contributed by atoms with Crippen LogP contribution in [0.2, 0.25) is 5.15 Å². The van der Waals surface area contributed by atoms with Gasteiger partial charge in [0.25, 0.3) is 0 Å². The molecule has 6 heteroatoms. The van der Waals surface area contributed by atoms with E-state index in [-0.39, 0.29) is 0 Å². The highest BCUT2D eigenvalue weighted by molar-refractivity contribution is 6.34. The summed E-state index contributed by atoms with van der Waals surface area (Å²) in [4.78, 5) is 2.34. The lowest BCUT2D eigenvalue weighted by Crippen LogP contribution is -2.40. The van der Waals surface area contributed by atoms with Crippen molar-refractivity contribution in [3.63, 3.8) is 0 Å². The molecule has 1 aliphatic heterocycles. The zero-order valence-electron chi connectivity index (χ0n) is 11.2. The zero-order chi connectivity index (χ0) is 13.4. The highest BCUT2D eigenvalue weighted by atomic mass is 35.5. The molecule has 1 N–H and O–H groups in total. The SMILES string of the molecule is CN1CCC[C@@H](Nc2nnc(Cl)c3c2ccn3C)C1. The average Bonchev–Trinajstić information content (AvgIpc) is 2.76. The predicted molar refractivity (Wildman–Crippen MR) is 77.7 cm³/mol. The highest BCUT2D eigenvalue weighted by Crippen LogP contribution is 2.27. The first-order chi connectivity index (χ1) is 9.15. The van der Waals surface area contributed by atoms with Gasteiger partial charge in [-0.15, -0.1) is 10.2 Å². The molecular formula is C13H18ClN5. The maximum absolute atomic E-state index is 6.11. The largest absolute Gasteiger partial charge is 0.364 e. The fourth-order valence-electron chi connectivity index (χ4n) is 2.76. The number of halogens is 1. The number of piperidine rings is 1. The Balaban J connectivity index is 1.91. The number of nitrogens with zero attached hydrogens (tertiary/aromatic N) is 4. The van der Waals surface area contributed by atoms with Gasteiger partial charge in [-0.2, -0.15) is 0 Å². The molecule has 0 saturated carbocycles. The standard InChI is InChI=1S/C13H18ClN5/c1-18-6-3-4-9(8-18)15-13-10-5-7-19(2)11(10)12(14)16-17-13/h5,7,9H,3-4,6,8H2,1-2H3,(H,15,17)/t9-/m1/s1. The van der Waals surface area contributed by atoms with Crippen LogP contribution < -0.4 is 5.32 Å². The topological polar surface area (TPSA) is 46.0 Å². The molecule has 1 aliphatic rings. The number of likely N-dealkylation sites (tertiary alicyclic amines) is 1. The van der Waals surface area contributed by atoms with Gasteiger partial charge in [0.1, 0.15) is 0 Å². The van der Waals surface area contributed by atoms with Crippen molar-refractivity contribution < 1.29 is 0 Å². The van der Waals surface area contributed by atoms with E-state index in [1.165, 1.54) is 19.4 Å². The van der Waals surface area contributed by atoms with Crippen LogP contribution in [0.4, 0.5) is 5.82 Å². The van der Waals surface area contributed by atoms with E-state index in [2.05, 4.69) is 27.5 Å². The summed E-state index contributed by atoms with van der Waals surface area (Å²) in [6.45, 7) is 2.21. The molecule has 3 heterocycles. The second-order valence-corrected chi connectivity index (χ2v) is 5.63. The summed E-state index contributed by atoms with van der Waals surface area (Å²) in [5.74, 6) is 0.834. The molecule has 102 valence electrons. The van der Waals surface area contributed by atoms with E-state index < -0.39 is 0 Å². The predicted octanol–water partition coefficient (Wildman–Crippen LogP) is 2.13. The van der Waals surface area contributed by atoms with Crippen molar-refractivity contribution in [3.05, 3.63) is 17.4 Å². The first-order valence-corrected chi connectivity index (χ1v) is 6.95. The monoisotopic (exact) mass is 279 g/mol. The Labute approximate surface area is 117 Å². The van der Waals surface area contributed by atoms with E-state index in [4.69, 9.17) is 11.6 Å². The van der Waals surface area contributed by atoms with Crippen molar-refractivity contribution in [2.45, 2.75) is 18.9 Å². The van der Waals surface area contributed by atoms with Gasteiger partial charge in [0, 0.05) is 31.2 Å². The smallest absolute Gasteiger partial charge is 0.176 e. The molecule has 1 atom stereocenters. The van der Waals surface area contributed by atoms with E-state index in [1.54, 1.807) is 0 Å². The maximum Gasteiger partial charge on any atom is 0.176 e. The summed E-state index contributed by atoms with van der Waals surface area (Å²) in [6, 6.07) is 2.46. The van der Waals surface area contributed by atoms with Crippen LogP contribution in [0.1, 0.15) is 12.8 Å². The lowest BCUT2D eigenvalue weighted by atomic mass is 10.1. The lowest BCUT2D eigenvalue weighted by molar-refractivity contribution is 0.261. The minimum atomic E-state index is 0.428. The van der Waals surface area contributed by atoms with Crippen molar-refractivity contribution in [1.29, 1.82) is 0 Å². The van der Waals surface area contributed by atoms with Gasteiger partial charge in [-0.05, 0) is 32.5 Å². The van der Waals surface area contributed by atoms with Crippen molar-refractivity contribution in [3.8, 4) is 0 Å². The molecule has 2 aromatic heterocycles. The Bertz CT molecular complexity index is 594. The summed E-state index contributed by atoms with van der Waals surface area (Å²) in [5.41, 5.74) is 0.934. The third kappa shape index (κ3) is 2.40. The van der Waals surface area contributed by atoms with E-state index in [0.717, 1.165) is 23.3 Å². The number of aryl methyl sites for hydroxylation is 1. The molecule has 2 aromatic rings. The zero-order valence-corrected chi connectivity index (χ0v) is 12.0. The Morgan fingerprint density at radius 3 is 3.00 bits per heavy atom. The van der Waals surface area contributed by atoms with Gasteiger partial charge in [0.05, 0.1) is 5.52 Å². The van der Waals surface area contributed by atoms with Crippen LogP contribution in [0.5, 0.6) is 0 Å². The second-order valence-electron chi connectivity index (χ2n) is 5.27. The van der Waals surface area contributed by atoms with Gasteiger partial charge >= 0.3 is 0 Å². The summed E-state index contributed by atoms with van der Waals surface area (Å²) in [7, 11) is 4.12. The number of hydrogen-bond donors (Lipinski definition) is 1. The molecule has 0 radical (unpaired) electrons. The molecular weight excluding hydrogens is 262 g/mol. The van der Waals surface area contributed by atoms with E-state index in [9.17, 15) is 0 Å². The number of hydrogen-bond acceptors (Lipinski definition) is 4. The van der Waals surface area contributed by atoms with Crippen LogP contribution in [0, 0.1) is 0 Å². The van der Waals surface area contributed by atoms with Crippen LogP contribution in [0.25, 0.3) is 10.9 Å². The van der Waals surface area contributed by atoms with Gasteiger partial charge in [0.15, 0.2) is 11.0 Å². The molecule has 0 spiro atoms. The molecule has 0 bridgehead atoms. The number of rotatable bonds is 2. The number of anilines is 1. The lowest BCUT2D eigenvalue weighted by Gasteiger charge is -2.30. The Morgan fingerprint density at radius 2 is 2.21 bits per heavy atom. The van der Waals surface area contributed by atoms with Crippen LogP contribution in [-0.4, -0.2) is 45.8 Å². The quantitative estimate of drug-likeness (QED) is 0.915. The maximum atomic E-state index is 6.11. The van der Waals surface area contributed by atoms with Gasteiger partial charge in [0.2, 0.25) is 0 Å².